The molecule has 0 aliphatic carbocycles. The number of benzene rings is 1. The Morgan fingerprint density at radius 1 is 1.24 bits per heavy atom. The van der Waals surface area contributed by atoms with Gasteiger partial charge in [0.25, 0.3) is 0 Å². The highest BCUT2D eigenvalue weighted by Gasteiger charge is 2.24. The van der Waals surface area contributed by atoms with Gasteiger partial charge in [-0.15, -0.1) is 5.10 Å². The highest BCUT2D eigenvalue weighted by Crippen LogP contribution is 2.15. The summed E-state index contributed by atoms with van der Waals surface area (Å²) in [6.45, 7) is 11.5. The summed E-state index contributed by atoms with van der Waals surface area (Å²) in [5.74, 6) is 0.996. The van der Waals surface area contributed by atoms with E-state index in [1.54, 1.807) is 4.57 Å². The monoisotopic (exact) mass is 418 g/mol. The highest BCUT2D eigenvalue weighted by molar-refractivity contribution is 7.99. The minimum Gasteiger partial charge on any atom is -0.331 e. The van der Waals surface area contributed by atoms with Crippen LogP contribution in [0.15, 0.2) is 34.2 Å². The zero-order valence-electron chi connectivity index (χ0n) is 17.6. The summed E-state index contributed by atoms with van der Waals surface area (Å²) in [4.78, 5) is 27.8. The molecular weight excluding hydrogens is 386 g/mol. The number of hydrogen-bond donors (Lipinski definition) is 2. The van der Waals surface area contributed by atoms with Crippen molar-refractivity contribution in [3.8, 4) is 0 Å². The molecule has 1 aromatic heterocycles. The third-order valence-electron chi connectivity index (χ3n) is 5.42. The second kappa shape index (κ2) is 10.1. The van der Waals surface area contributed by atoms with Crippen LogP contribution < -0.4 is 10.6 Å². The van der Waals surface area contributed by atoms with Crippen LogP contribution >= 0.6 is 11.8 Å². The second-order valence-electron chi connectivity index (χ2n) is 7.96. The Kier molecular flexibility index (Phi) is 7.55. The first-order valence-corrected chi connectivity index (χ1v) is 11.4. The van der Waals surface area contributed by atoms with Crippen molar-refractivity contribution in [2.45, 2.75) is 51.4 Å². The molecule has 158 valence electrons. The third kappa shape index (κ3) is 5.73. The van der Waals surface area contributed by atoms with Crippen LogP contribution in [0.1, 0.15) is 44.2 Å². The molecule has 8 heteroatoms. The minimum atomic E-state index is -0.208. The molecule has 0 unspecified atom stereocenters. The molecule has 2 aromatic rings. The largest absolute Gasteiger partial charge is 0.343 e. The maximum absolute atomic E-state index is 12.6. The van der Waals surface area contributed by atoms with Crippen LogP contribution in [0.2, 0.25) is 0 Å². The molecule has 1 saturated heterocycles. The van der Waals surface area contributed by atoms with E-state index in [-0.39, 0.29) is 11.6 Å². The van der Waals surface area contributed by atoms with E-state index < -0.39 is 0 Å². The number of thioether (sulfide) groups is 1. The predicted octanol–water partition coefficient (Wildman–Crippen LogP) is 1.12. The molecule has 0 bridgehead atoms. The second-order valence-corrected chi connectivity index (χ2v) is 8.90. The smallest absolute Gasteiger partial charge is 0.331 e. The molecule has 3 rings (SSSR count). The number of carbonyl (C=O) groups excluding carboxylic acids is 1. The maximum atomic E-state index is 12.6. The molecule has 0 saturated carbocycles. The lowest BCUT2D eigenvalue weighted by Gasteiger charge is -2.32. The summed E-state index contributed by atoms with van der Waals surface area (Å²) in [5, 5.41) is 7.11. The number of nitrogens with one attached hydrogen (secondary N) is 2. The van der Waals surface area contributed by atoms with Crippen LogP contribution in [0.5, 0.6) is 0 Å². The van der Waals surface area contributed by atoms with E-state index in [1.807, 2.05) is 11.8 Å². The molecule has 2 N–H and O–H groups in total. The Morgan fingerprint density at radius 2 is 1.93 bits per heavy atom. The first-order valence-electron chi connectivity index (χ1n) is 10.5. The summed E-state index contributed by atoms with van der Waals surface area (Å²) < 4.78 is 1.60. The van der Waals surface area contributed by atoms with Crippen LogP contribution in [0.25, 0.3) is 0 Å². The maximum Gasteiger partial charge on any atom is 0.343 e. The van der Waals surface area contributed by atoms with E-state index in [2.05, 4.69) is 48.3 Å². The Hall–Kier alpha value is -2.06. The van der Waals surface area contributed by atoms with E-state index in [9.17, 15) is 9.59 Å². The quantitative estimate of drug-likeness (QED) is 0.630. The molecule has 0 spiro atoms. The standard InChI is InChI=1S/C21H31N5O2S/c1-4-9-26-20(28)22-23-21(26)29-15-19(27)25-12-10-24(11-13-25)14-17-5-7-18(8-6-17)16(2)3/h5-8,16H,4,9-15H2,1-3H3,(H,22,28)/p+1. The number of carbonyl (C=O) groups is 1. The van der Waals surface area contributed by atoms with Gasteiger partial charge < -0.3 is 9.80 Å². The van der Waals surface area contributed by atoms with Crippen LogP contribution in [0.4, 0.5) is 0 Å². The number of rotatable bonds is 8. The Morgan fingerprint density at radius 3 is 2.55 bits per heavy atom. The first-order chi connectivity index (χ1) is 14.0. The van der Waals surface area contributed by atoms with Gasteiger partial charge in [-0.1, -0.05) is 56.8 Å². The van der Waals surface area contributed by atoms with Gasteiger partial charge in [0.2, 0.25) is 5.91 Å². The summed E-state index contributed by atoms with van der Waals surface area (Å²) in [6, 6.07) is 8.92. The van der Waals surface area contributed by atoms with Gasteiger partial charge in [0.05, 0.1) is 31.9 Å². The number of quaternary nitrogens is 1. The van der Waals surface area contributed by atoms with Gasteiger partial charge in [0, 0.05) is 12.1 Å². The fourth-order valence-corrected chi connectivity index (χ4v) is 4.49. The van der Waals surface area contributed by atoms with Crippen LogP contribution in [-0.2, 0) is 17.9 Å². The van der Waals surface area contributed by atoms with Crippen molar-refractivity contribution < 1.29 is 9.69 Å². The molecule has 1 aromatic carbocycles. The van der Waals surface area contributed by atoms with Crippen LogP contribution in [0.3, 0.4) is 0 Å². The predicted molar refractivity (Wildman–Crippen MR) is 115 cm³/mol. The number of H-pyrrole nitrogens is 1. The van der Waals surface area contributed by atoms with Crippen molar-refractivity contribution in [1.82, 2.24) is 19.7 Å². The number of aromatic amines is 1. The molecule has 1 amide bonds. The fraction of sp³-hybridized carbons (Fsp3) is 0.571. The zero-order chi connectivity index (χ0) is 20.8. The van der Waals surface area contributed by atoms with Crippen LogP contribution in [-0.4, -0.2) is 57.5 Å². The van der Waals surface area contributed by atoms with Gasteiger partial charge in [-0.3, -0.25) is 9.36 Å². The zero-order valence-corrected chi connectivity index (χ0v) is 18.4. The van der Waals surface area contributed by atoms with Crippen molar-refractivity contribution >= 4 is 17.7 Å². The molecule has 1 fully saturated rings. The Labute approximate surface area is 176 Å². The molecule has 0 atom stereocenters. The first kappa shape index (κ1) is 21.6. The van der Waals surface area contributed by atoms with E-state index in [0.29, 0.717) is 23.4 Å². The summed E-state index contributed by atoms with van der Waals surface area (Å²) >= 11 is 1.34. The lowest BCUT2D eigenvalue weighted by Crippen LogP contribution is -3.13. The number of nitrogens with zero attached hydrogens (tertiary/aromatic N) is 3. The summed E-state index contributed by atoms with van der Waals surface area (Å²) in [5.41, 5.74) is 2.52. The molecular formula is C21H32N5O2S+. The fourth-order valence-electron chi connectivity index (χ4n) is 3.61. The van der Waals surface area contributed by atoms with E-state index in [4.69, 9.17) is 0 Å². The van der Waals surface area contributed by atoms with Gasteiger partial charge in [-0.25, -0.2) is 9.89 Å². The lowest BCUT2D eigenvalue weighted by atomic mass is 10.0. The summed E-state index contributed by atoms with van der Waals surface area (Å²) in [7, 11) is 0. The van der Waals surface area contributed by atoms with E-state index in [1.165, 1.54) is 27.8 Å². The SMILES string of the molecule is CCCn1c(SCC(=O)N2CC[NH+](Cc3ccc(C(C)C)cc3)CC2)n[nH]c1=O. The molecule has 29 heavy (non-hydrogen) atoms. The van der Waals surface area contributed by atoms with Gasteiger partial charge in [-0.05, 0) is 17.9 Å². The van der Waals surface area contributed by atoms with Crippen molar-refractivity contribution in [3.05, 3.63) is 45.9 Å². The lowest BCUT2D eigenvalue weighted by molar-refractivity contribution is -0.917. The van der Waals surface area contributed by atoms with Gasteiger partial charge >= 0.3 is 5.69 Å². The number of piperazine rings is 1. The Balaban J connectivity index is 1.45. The highest BCUT2D eigenvalue weighted by atomic mass is 32.2. The average molecular weight is 419 g/mol. The van der Waals surface area contributed by atoms with E-state index >= 15 is 0 Å². The average Bonchev–Trinajstić information content (AvgIpc) is 3.07. The van der Waals surface area contributed by atoms with Gasteiger partial charge in [-0.2, -0.15) is 0 Å². The van der Waals surface area contributed by atoms with Crippen molar-refractivity contribution in [2.75, 3.05) is 31.9 Å². The normalized spacial score (nSPS) is 15.2. The molecule has 7 nitrogen and oxygen atoms in total. The minimum absolute atomic E-state index is 0.119. The number of amides is 1. The van der Waals surface area contributed by atoms with Crippen molar-refractivity contribution in [3.63, 3.8) is 0 Å². The molecule has 2 heterocycles. The Bertz CT molecular complexity index is 851. The molecule has 1 aliphatic heterocycles. The summed E-state index contributed by atoms with van der Waals surface area (Å²) in [6.07, 6.45) is 0.853. The number of aromatic nitrogens is 3. The van der Waals surface area contributed by atoms with Crippen LogP contribution in [0, 0.1) is 0 Å². The van der Waals surface area contributed by atoms with Crippen molar-refractivity contribution in [1.29, 1.82) is 0 Å². The third-order valence-corrected chi connectivity index (χ3v) is 6.38. The van der Waals surface area contributed by atoms with Gasteiger partial charge in [0.15, 0.2) is 5.16 Å². The van der Waals surface area contributed by atoms with Gasteiger partial charge in [0.1, 0.15) is 6.54 Å². The molecule has 1 aliphatic rings. The topological polar surface area (TPSA) is 75.4 Å². The van der Waals surface area contributed by atoms with Crippen molar-refractivity contribution in [2.24, 2.45) is 0 Å². The molecule has 0 radical (unpaired) electrons. The van der Waals surface area contributed by atoms with E-state index in [0.717, 1.165) is 39.1 Å². The number of hydrogen-bond acceptors (Lipinski definition) is 4.